The molecular formula is C12H12F2N2S2. The van der Waals surface area contributed by atoms with E-state index in [9.17, 15) is 8.78 Å². The van der Waals surface area contributed by atoms with E-state index in [4.69, 9.17) is 5.73 Å². The van der Waals surface area contributed by atoms with Crippen LogP contribution in [0.25, 0.3) is 0 Å². The highest BCUT2D eigenvalue weighted by Gasteiger charge is 2.09. The highest BCUT2D eigenvalue weighted by Crippen LogP contribution is 2.32. The summed E-state index contributed by atoms with van der Waals surface area (Å²) in [7, 11) is 0. The lowest BCUT2D eigenvalue weighted by Gasteiger charge is -2.10. The monoisotopic (exact) mass is 286 g/mol. The van der Waals surface area contributed by atoms with Crippen molar-refractivity contribution in [1.82, 2.24) is 0 Å². The molecule has 0 aliphatic rings. The van der Waals surface area contributed by atoms with E-state index in [1.807, 2.05) is 17.5 Å². The number of nitrogens with two attached hydrogens (primary N) is 1. The summed E-state index contributed by atoms with van der Waals surface area (Å²) in [5.74, 6) is -2.42. The first-order valence-electron chi connectivity index (χ1n) is 5.26. The van der Waals surface area contributed by atoms with E-state index in [2.05, 4.69) is 5.32 Å². The molecule has 2 rings (SSSR count). The predicted octanol–water partition coefficient (Wildman–Crippen LogP) is 4.26. The second kappa shape index (κ2) is 6.06. The molecule has 2 nitrogen and oxygen atoms in total. The number of thiophene rings is 1. The largest absolute Gasteiger partial charge is 0.398 e. The fourth-order valence-corrected chi connectivity index (χ4v) is 2.84. The number of benzene rings is 1. The van der Waals surface area contributed by atoms with Gasteiger partial charge in [-0.15, -0.1) is 11.3 Å². The van der Waals surface area contributed by atoms with Gasteiger partial charge in [-0.1, -0.05) is 23.9 Å². The van der Waals surface area contributed by atoms with Gasteiger partial charge in [-0.2, -0.15) is 8.78 Å². The maximum Gasteiger partial charge on any atom is 0.288 e. The molecule has 3 N–H and O–H groups in total. The van der Waals surface area contributed by atoms with Crippen LogP contribution in [0.4, 0.5) is 20.2 Å². The van der Waals surface area contributed by atoms with E-state index in [1.54, 1.807) is 29.5 Å². The molecule has 0 unspecified atom stereocenters. The summed E-state index contributed by atoms with van der Waals surface area (Å²) in [6.07, 6.45) is 0. The maximum atomic E-state index is 12.4. The molecule has 0 aliphatic heterocycles. The fourth-order valence-electron chi connectivity index (χ4n) is 1.48. The third kappa shape index (κ3) is 3.36. The molecule has 0 saturated carbocycles. The highest BCUT2D eigenvalue weighted by atomic mass is 32.2. The van der Waals surface area contributed by atoms with Gasteiger partial charge in [-0.3, -0.25) is 0 Å². The summed E-state index contributed by atoms with van der Waals surface area (Å²) in [6, 6.07) is 8.86. The zero-order chi connectivity index (χ0) is 13.0. The van der Waals surface area contributed by atoms with E-state index in [0.717, 1.165) is 10.6 Å². The van der Waals surface area contributed by atoms with Gasteiger partial charge in [0, 0.05) is 21.1 Å². The van der Waals surface area contributed by atoms with Gasteiger partial charge in [-0.25, -0.2) is 0 Å². The number of alkyl halides is 2. The Balaban J connectivity index is 2.07. The summed E-state index contributed by atoms with van der Waals surface area (Å²) in [4.78, 5) is 1.55. The van der Waals surface area contributed by atoms with Crippen LogP contribution in [0.5, 0.6) is 0 Å². The summed E-state index contributed by atoms with van der Waals surface area (Å²) < 4.78 is 24.8. The van der Waals surface area contributed by atoms with Crippen molar-refractivity contribution in [3.05, 3.63) is 40.6 Å². The Labute approximate surface area is 112 Å². The summed E-state index contributed by atoms with van der Waals surface area (Å²) in [5.41, 5.74) is 7.20. The minimum absolute atomic E-state index is 0.543. The molecule has 0 fully saturated rings. The van der Waals surface area contributed by atoms with E-state index < -0.39 is 5.76 Å². The van der Waals surface area contributed by atoms with Crippen molar-refractivity contribution in [1.29, 1.82) is 0 Å². The molecule has 0 atom stereocenters. The van der Waals surface area contributed by atoms with Crippen LogP contribution in [-0.4, -0.2) is 5.76 Å². The Hall–Kier alpha value is -1.27. The van der Waals surface area contributed by atoms with Crippen LogP contribution in [0.2, 0.25) is 0 Å². The van der Waals surface area contributed by atoms with Gasteiger partial charge < -0.3 is 11.1 Å². The van der Waals surface area contributed by atoms with Crippen LogP contribution in [0.1, 0.15) is 4.88 Å². The fraction of sp³-hybridized carbons (Fsp3) is 0.167. The van der Waals surface area contributed by atoms with E-state index in [0.29, 0.717) is 28.9 Å². The van der Waals surface area contributed by atoms with Gasteiger partial charge in [-0.05, 0) is 23.6 Å². The lowest BCUT2D eigenvalue weighted by Crippen LogP contribution is -2.01. The molecule has 0 saturated heterocycles. The maximum absolute atomic E-state index is 12.4. The molecule has 0 spiro atoms. The summed E-state index contributed by atoms with van der Waals surface area (Å²) in [6.45, 7) is 0.546. The van der Waals surface area contributed by atoms with Gasteiger partial charge in [0.2, 0.25) is 0 Å². The highest BCUT2D eigenvalue weighted by molar-refractivity contribution is 7.99. The average Bonchev–Trinajstić information content (AvgIpc) is 2.73. The number of thioether (sulfide) groups is 1. The van der Waals surface area contributed by atoms with E-state index in [-0.39, 0.29) is 0 Å². The number of rotatable bonds is 5. The molecule has 6 heteroatoms. The Morgan fingerprint density at radius 3 is 2.72 bits per heavy atom. The Morgan fingerprint density at radius 2 is 2.06 bits per heavy atom. The second-order valence-corrected chi connectivity index (χ2v) is 5.56. The molecule has 0 amide bonds. The van der Waals surface area contributed by atoms with Gasteiger partial charge in [0.25, 0.3) is 5.76 Å². The van der Waals surface area contributed by atoms with Gasteiger partial charge in [0.15, 0.2) is 0 Å². The number of hydrogen-bond donors (Lipinski definition) is 2. The van der Waals surface area contributed by atoms with Crippen molar-refractivity contribution in [3.63, 3.8) is 0 Å². The SMILES string of the molecule is Nc1ccsc1CNc1ccccc1SC(F)F. The Kier molecular flexibility index (Phi) is 4.43. The zero-order valence-electron chi connectivity index (χ0n) is 9.40. The lowest BCUT2D eigenvalue weighted by atomic mass is 10.3. The smallest absolute Gasteiger partial charge is 0.288 e. The van der Waals surface area contributed by atoms with Crippen molar-refractivity contribution < 1.29 is 8.78 Å². The van der Waals surface area contributed by atoms with E-state index in [1.165, 1.54) is 0 Å². The Morgan fingerprint density at radius 1 is 1.28 bits per heavy atom. The number of nitrogens with one attached hydrogen (secondary N) is 1. The normalized spacial score (nSPS) is 10.8. The standard InChI is InChI=1S/C12H12F2N2S2/c13-12(14)18-10-4-2-1-3-9(10)16-7-11-8(15)5-6-17-11/h1-6,12,16H,7,15H2. The molecule has 0 radical (unpaired) electrons. The van der Waals surface area contributed by atoms with Crippen LogP contribution in [0.3, 0.4) is 0 Å². The molecule has 96 valence electrons. The molecule has 18 heavy (non-hydrogen) atoms. The van der Waals surface area contributed by atoms with Crippen molar-refractivity contribution in [2.75, 3.05) is 11.1 Å². The van der Waals surface area contributed by atoms with Crippen LogP contribution in [-0.2, 0) is 6.54 Å². The average molecular weight is 286 g/mol. The summed E-state index contributed by atoms with van der Waals surface area (Å²) in [5, 5.41) is 5.05. The van der Waals surface area contributed by atoms with Crippen LogP contribution in [0, 0.1) is 0 Å². The third-order valence-electron chi connectivity index (χ3n) is 2.32. The van der Waals surface area contributed by atoms with Gasteiger partial charge in [0.1, 0.15) is 0 Å². The van der Waals surface area contributed by atoms with Gasteiger partial charge >= 0.3 is 0 Å². The molecule has 1 aromatic heterocycles. The first-order valence-corrected chi connectivity index (χ1v) is 7.02. The number of hydrogen-bond acceptors (Lipinski definition) is 4. The topological polar surface area (TPSA) is 38.0 Å². The number of para-hydroxylation sites is 1. The van der Waals surface area contributed by atoms with Crippen LogP contribution < -0.4 is 11.1 Å². The molecule has 1 aromatic carbocycles. The quantitative estimate of drug-likeness (QED) is 0.807. The minimum Gasteiger partial charge on any atom is -0.398 e. The van der Waals surface area contributed by atoms with Crippen molar-refractivity contribution in [2.45, 2.75) is 17.2 Å². The van der Waals surface area contributed by atoms with Gasteiger partial charge in [0.05, 0.1) is 6.54 Å². The zero-order valence-corrected chi connectivity index (χ0v) is 11.0. The lowest BCUT2D eigenvalue weighted by molar-refractivity contribution is 0.252. The molecular weight excluding hydrogens is 274 g/mol. The molecule has 0 bridgehead atoms. The predicted molar refractivity (Wildman–Crippen MR) is 74.4 cm³/mol. The first-order chi connectivity index (χ1) is 8.66. The molecule has 0 aliphatic carbocycles. The minimum atomic E-state index is -2.42. The molecule has 2 aromatic rings. The van der Waals surface area contributed by atoms with Crippen LogP contribution in [0.15, 0.2) is 40.6 Å². The van der Waals surface area contributed by atoms with Crippen molar-refractivity contribution in [3.8, 4) is 0 Å². The van der Waals surface area contributed by atoms with Crippen molar-refractivity contribution in [2.24, 2.45) is 0 Å². The summed E-state index contributed by atoms with van der Waals surface area (Å²) >= 11 is 2.09. The first kappa shape index (κ1) is 13.2. The number of nitrogen functional groups attached to an aromatic ring is 1. The number of anilines is 2. The second-order valence-electron chi connectivity index (χ2n) is 3.53. The van der Waals surface area contributed by atoms with E-state index >= 15 is 0 Å². The molecule has 1 heterocycles. The number of halogens is 2. The Bertz CT molecular complexity index is 514. The van der Waals surface area contributed by atoms with Crippen molar-refractivity contribution >= 4 is 34.5 Å². The third-order valence-corrected chi connectivity index (χ3v) is 4.05. The van der Waals surface area contributed by atoms with Crippen LogP contribution >= 0.6 is 23.1 Å².